The quantitative estimate of drug-likeness (QED) is 0.504. The molecule has 1 aromatic heterocycles. The van der Waals surface area contributed by atoms with Crippen LogP contribution in [0.25, 0.3) is 6.08 Å². The molecule has 1 saturated heterocycles. The molecule has 1 aliphatic rings. The third-order valence-corrected chi connectivity index (χ3v) is 4.30. The normalized spacial score (nSPS) is 16.8. The molecule has 0 saturated carbocycles. The highest BCUT2D eigenvalue weighted by molar-refractivity contribution is 8.26. The molecule has 0 spiro atoms. The Morgan fingerprint density at radius 1 is 1.52 bits per heavy atom. The number of amides is 1. The Balaban J connectivity index is 2.06. The molecular formula is C13H11ClN2O3S2. The summed E-state index contributed by atoms with van der Waals surface area (Å²) in [5, 5.41) is 9.00. The second-order valence-corrected chi connectivity index (χ2v) is 6.31. The molecule has 1 N–H and O–H groups in total. The van der Waals surface area contributed by atoms with E-state index >= 15 is 0 Å². The van der Waals surface area contributed by atoms with Gasteiger partial charge in [-0.1, -0.05) is 41.6 Å². The highest BCUT2D eigenvalue weighted by Crippen LogP contribution is 2.32. The van der Waals surface area contributed by atoms with Crippen molar-refractivity contribution in [2.24, 2.45) is 0 Å². The number of rotatable bonds is 5. The van der Waals surface area contributed by atoms with E-state index in [1.807, 2.05) is 0 Å². The second kappa shape index (κ2) is 7.02. The standard InChI is InChI=1S/C13H11ClN2O3S2/c14-10-4-3-8(7-15-10)6-9-12(19)16(13(20)21-9)5-1-2-11(17)18/h3-4,6-7H,1-2,5H2,(H,17,18). The van der Waals surface area contributed by atoms with Crippen LogP contribution in [0.15, 0.2) is 23.2 Å². The molecule has 0 aliphatic carbocycles. The van der Waals surface area contributed by atoms with Crippen LogP contribution in [-0.4, -0.2) is 37.7 Å². The lowest BCUT2D eigenvalue weighted by Crippen LogP contribution is -2.29. The zero-order valence-corrected chi connectivity index (χ0v) is 13.2. The summed E-state index contributed by atoms with van der Waals surface area (Å²) in [5.74, 6) is -1.09. The number of carbonyl (C=O) groups excluding carboxylic acids is 1. The van der Waals surface area contributed by atoms with Crippen molar-refractivity contribution >= 4 is 57.9 Å². The van der Waals surface area contributed by atoms with Gasteiger partial charge in [0.1, 0.15) is 9.47 Å². The lowest BCUT2D eigenvalue weighted by Gasteiger charge is -2.13. The van der Waals surface area contributed by atoms with E-state index in [1.54, 1.807) is 24.4 Å². The van der Waals surface area contributed by atoms with Crippen LogP contribution in [0.3, 0.4) is 0 Å². The predicted molar refractivity (Wildman–Crippen MR) is 86.0 cm³/mol. The number of carbonyl (C=O) groups is 2. The van der Waals surface area contributed by atoms with E-state index in [0.717, 1.165) is 5.56 Å². The molecule has 2 heterocycles. The number of carboxylic acid groups (broad SMARTS) is 1. The van der Waals surface area contributed by atoms with Crippen LogP contribution in [0.2, 0.25) is 5.15 Å². The molecular weight excluding hydrogens is 332 g/mol. The highest BCUT2D eigenvalue weighted by atomic mass is 35.5. The Kier molecular flexibility index (Phi) is 5.33. The van der Waals surface area contributed by atoms with Crippen molar-refractivity contribution in [2.75, 3.05) is 6.54 Å². The number of thioether (sulfide) groups is 1. The van der Waals surface area contributed by atoms with Crippen LogP contribution < -0.4 is 0 Å². The molecule has 21 heavy (non-hydrogen) atoms. The smallest absolute Gasteiger partial charge is 0.303 e. The van der Waals surface area contributed by atoms with Crippen molar-refractivity contribution in [3.8, 4) is 0 Å². The van der Waals surface area contributed by atoms with Gasteiger partial charge in [-0.05, 0) is 24.1 Å². The predicted octanol–water partition coefficient (Wildman–Crippen LogP) is 2.80. The molecule has 5 nitrogen and oxygen atoms in total. The fourth-order valence-corrected chi connectivity index (χ4v) is 3.13. The summed E-state index contributed by atoms with van der Waals surface area (Å²) in [6, 6.07) is 3.40. The van der Waals surface area contributed by atoms with Gasteiger partial charge in [-0.2, -0.15) is 0 Å². The van der Waals surface area contributed by atoms with Gasteiger partial charge >= 0.3 is 5.97 Å². The number of pyridine rings is 1. The SMILES string of the molecule is O=C(O)CCCN1C(=O)C(=Cc2ccc(Cl)nc2)SC1=S. The number of thiocarbonyl (C=S) groups is 1. The van der Waals surface area contributed by atoms with E-state index in [9.17, 15) is 9.59 Å². The summed E-state index contributed by atoms with van der Waals surface area (Å²) in [5.41, 5.74) is 0.755. The second-order valence-electron chi connectivity index (χ2n) is 4.24. The maximum atomic E-state index is 12.2. The summed E-state index contributed by atoms with van der Waals surface area (Å²) in [7, 11) is 0. The number of aromatic nitrogens is 1. The van der Waals surface area contributed by atoms with Crippen LogP contribution in [0.1, 0.15) is 18.4 Å². The fourth-order valence-electron chi connectivity index (χ4n) is 1.71. The zero-order valence-electron chi connectivity index (χ0n) is 10.8. The first-order valence-corrected chi connectivity index (χ1v) is 7.66. The van der Waals surface area contributed by atoms with Gasteiger partial charge < -0.3 is 5.11 Å². The average Bonchev–Trinajstić information content (AvgIpc) is 2.68. The van der Waals surface area contributed by atoms with Gasteiger partial charge in [-0.3, -0.25) is 14.5 Å². The Labute approximate surface area is 136 Å². The van der Waals surface area contributed by atoms with Crippen LogP contribution in [0.4, 0.5) is 0 Å². The number of hydrogen-bond acceptors (Lipinski definition) is 5. The summed E-state index contributed by atoms with van der Waals surface area (Å²) in [6.07, 6.45) is 3.65. The molecule has 0 radical (unpaired) electrons. The third-order valence-electron chi connectivity index (χ3n) is 2.69. The first-order chi connectivity index (χ1) is 9.97. The molecule has 0 bridgehead atoms. The molecule has 0 atom stereocenters. The minimum atomic E-state index is -0.886. The first kappa shape index (κ1) is 15.9. The van der Waals surface area contributed by atoms with Crippen LogP contribution in [0, 0.1) is 0 Å². The van der Waals surface area contributed by atoms with Crippen molar-refractivity contribution < 1.29 is 14.7 Å². The number of aliphatic carboxylic acids is 1. The van der Waals surface area contributed by atoms with E-state index in [-0.39, 0.29) is 12.3 Å². The summed E-state index contributed by atoms with van der Waals surface area (Å²) in [6.45, 7) is 0.313. The van der Waals surface area contributed by atoms with E-state index in [4.69, 9.17) is 28.9 Å². The molecule has 1 fully saturated rings. The van der Waals surface area contributed by atoms with E-state index in [1.165, 1.54) is 16.7 Å². The topological polar surface area (TPSA) is 70.5 Å². The van der Waals surface area contributed by atoms with Gasteiger partial charge in [0.2, 0.25) is 0 Å². The molecule has 0 aromatic carbocycles. The van der Waals surface area contributed by atoms with Gasteiger partial charge in [-0.15, -0.1) is 0 Å². The van der Waals surface area contributed by atoms with Gasteiger partial charge in [-0.25, -0.2) is 4.98 Å². The van der Waals surface area contributed by atoms with Gasteiger partial charge in [0.15, 0.2) is 0 Å². The Hall–Kier alpha value is -1.44. The molecule has 2 rings (SSSR count). The van der Waals surface area contributed by atoms with E-state index < -0.39 is 5.97 Å². The third kappa shape index (κ3) is 4.26. The van der Waals surface area contributed by atoms with Crippen molar-refractivity contribution in [3.63, 3.8) is 0 Å². The lowest BCUT2D eigenvalue weighted by molar-refractivity contribution is -0.137. The van der Waals surface area contributed by atoms with Crippen LogP contribution in [0.5, 0.6) is 0 Å². The minimum Gasteiger partial charge on any atom is -0.481 e. The minimum absolute atomic E-state index is 0.0111. The molecule has 8 heteroatoms. The largest absolute Gasteiger partial charge is 0.481 e. The molecule has 1 aliphatic heterocycles. The van der Waals surface area contributed by atoms with Crippen molar-refractivity contribution in [1.29, 1.82) is 0 Å². The van der Waals surface area contributed by atoms with Gasteiger partial charge in [0.25, 0.3) is 5.91 Å². The zero-order chi connectivity index (χ0) is 15.4. The maximum absolute atomic E-state index is 12.2. The number of hydrogen-bond donors (Lipinski definition) is 1. The van der Waals surface area contributed by atoms with Crippen molar-refractivity contribution in [2.45, 2.75) is 12.8 Å². The summed E-state index contributed by atoms with van der Waals surface area (Å²) in [4.78, 5) is 28.6. The monoisotopic (exact) mass is 342 g/mol. The first-order valence-electron chi connectivity index (χ1n) is 6.06. The lowest BCUT2D eigenvalue weighted by atomic mass is 10.2. The van der Waals surface area contributed by atoms with Crippen LogP contribution in [-0.2, 0) is 9.59 Å². The maximum Gasteiger partial charge on any atom is 0.303 e. The van der Waals surface area contributed by atoms with Crippen molar-refractivity contribution in [3.05, 3.63) is 34.0 Å². The fraction of sp³-hybridized carbons (Fsp3) is 0.231. The average molecular weight is 343 g/mol. The number of carboxylic acids is 1. The Morgan fingerprint density at radius 2 is 2.29 bits per heavy atom. The highest BCUT2D eigenvalue weighted by Gasteiger charge is 2.31. The number of halogens is 1. The van der Waals surface area contributed by atoms with E-state index in [0.29, 0.717) is 27.3 Å². The van der Waals surface area contributed by atoms with E-state index in [2.05, 4.69) is 4.98 Å². The molecule has 1 aromatic rings. The molecule has 1 amide bonds. The summed E-state index contributed by atoms with van der Waals surface area (Å²) >= 11 is 12.1. The Bertz CT molecular complexity index is 616. The van der Waals surface area contributed by atoms with Gasteiger partial charge in [0.05, 0.1) is 4.91 Å². The van der Waals surface area contributed by atoms with Crippen molar-refractivity contribution in [1.82, 2.24) is 9.88 Å². The molecule has 110 valence electrons. The molecule has 0 unspecified atom stereocenters. The Morgan fingerprint density at radius 3 is 2.90 bits per heavy atom. The summed E-state index contributed by atoms with van der Waals surface area (Å²) < 4.78 is 0.443. The number of nitrogens with zero attached hydrogens (tertiary/aromatic N) is 2. The van der Waals surface area contributed by atoms with Gasteiger partial charge in [0, 0.05) is 19.2 Å². The van der Waals surface area contributed by atoms with Crippen LogP contribution >= 0.6 is 35.6 Å².